The van der Waals surface area contributed by atoms with Gasteiger partial charge in [-0.05, 0) is 32.1 Å². The predicted molar refractivity (Wildman–Crippen MR) is 105 cm³/mol. The summed E-state index contributed by atoms with van der Waals surface area (Å²) in [6.07, 6.45) is -1.51. The summed E-state index contributed by atoms with van der Waals surface area (Å²) in [4.78, 5) is 39.6. The molecule has 0 heterocycles. The van der Waals surface area contributed by atoms with Gasteiger partial charge in [-0.25, -0.2) is 0 Å². The van der Waals surface area contributed by atoms with Crippen LogP contribution in [0.5, 0.6) is 5.75 Å². The number of rotatable bonds is 2. The summed E-state index contributed by atoms with van der Waals surface area (Å²) >= 11 is 0. The molecule has 0 spiro atoms. The molecule has 0 fully saturated rings. The number of ketones is 2. The number of amides is 1. The number of aliphatic hydroxyl groups is 4. The number of aliphatic hydroxyl groups excluding tert-OH is 3. The van der Waals surface area contributed by atoms with Gasteiger partial charge in [0.25, 0.3) is 5.91 Å². The molecule has 0 bridgehead atoms. The van der Waals surface area contributed by atoms with E-state index in [9.17, 15) is 39.9 Å². The van der Waals surface area contributed by atoms with Crippen molar-refractivity contribution in [1.82, 2.24) is 4.90 Å². The van der Waals surface area contributed by atoms with Crippen molar-refractivity contribution < 1.29 is 39.9 Å². The number of carbonyl (C=O) groups is 3. The minimum Gasteiger partial charge on any atom is -0.510 e. The molecule has 10 nitrogen and oxygen atoms in total. The Hall–Kier alpha value is -3.21. The van der Waals surface area contributed by atoms with E-state index in [1.807, 2.05) is 0 Å². The lowest BCUT2D eigenvalue weighted by molar-refractivity contribution is -0.149. The maximum Gasteiger partial charge on any atom is 0.255 e. The van der Waals surface area contributed by atoms with Crippen LogP contribution in [0.2, 0.25) is 0 Å². The number of carbonyl (C=O) groups excluding carboxylic acids is 3. The van der Waals surface area contributed by atoms with E-state index >= 15 is 0 Å². The lowest BCUT2D eigenvalue weighted by Gasteiger charge is -2.50. The van der Waals surface area contributed by atoms with E-state index in [2.05, 4.69) is 0 Å². The molecule has 7 N–H and O–H groups in total. The van der Waals surface area contributed by atoms with Crippen LogP contribution >= 0.6 is 0 Å². The van der Waals surface area contributed by atoms with E-state index in [0.717, 1.165) is 0 Å². The van der Waals surface area contributed by atoms with Gasteiger partial charge in [0, 0.05) is 17.4 Å². The number of hydrogen-bond acceptors (Lipinski definition) is 9. The molecule has 0 saturated carbocycles. The Labute approximate surface area is 176 Å². The molecule has 164 valence electrons. The first-order valence-corrected chi connectivity index (χ1v) is 9.59. The second-order valence-corrected chi connectivity index (χ2v) is 8.35. The molecule has 0 saturated heterocycles. The Morgan fingerprint density at radius 2 is 1.84 bits per heavy atom. The largest absolute Gasteiger partial charge is 0.510 e. The quantitative estimate of drug-likeness (QED) is 0.340. The molecule has 0 aromatic heterocycles. The van der Waals surface area contributed by atoms with Crippen LogP contribution in [0.1, 0.15) is 28.4 Å². The third kappa shape index (κ3) is 2.52. The molecule has 0 radical (unpaired) electrons. The Morgan fingerprint density at radius 1 is 1.19 bits per heavy atom. The van der Waals surface area contributed by atoms with Crippen molar-refractivity contribution in [3.63, 3.8) is 0 Å². The molecule has 5 atom stereocenters. The van der Waals surface area contributed by atoms with E-state index in [0.29, 0.717) is 0 Å². The first-order valence-electron chi connectivity index (χ1n) is 9.59. The summed E-state index contributed by atoms with van der Waals surface area (Å²) in [5.74, 6) is -7.78. The van der Waals surface area contributed by atoms with Crippen molar-refractivity contribution >= 4 is 17.5 Å². The maximum atomic E-state index is 13.2. The minimum absolute atomic E-state index is 0.151. The minimum atomic E-state index is -2.73. The number of likely N-dealkylation sites (N-methyl/N-ethyl adjacent to an activating group) is 1. The Bertz CT molecular complexity index is 1100. The van der Waals surface area contributed by atoms with Crippen molar-refractivity contribution in [2.75, 3.05) is 14.1 Å². The van der Waals surface area contributed by atoms with E-state index in [4.69, 9.17) is 5.73 Å². The monoisotopic (exact) mass is 430 g/mol. The number of Topliss-reactive ketones (excluding diaryl/α,β-unsaturated/α-hetero) is 2. The van der Waals surface area contributed by atoms with Gasteiger partial charge in [-0.2, -0.15) is 0 Å². The van der Waals surface area contributed by atoms with Gasteiger partial charge in [-0.15, -0.1) is 0 Å². The summed E-state index contributed by atoms with van der Waals surface area (Å²) in [6, 6.07) is 3.05. The zero-order chi connectivity index (χ0) is 23.0. The molecule has 1 amide bonds. The molecule has 0 aliphatic heterocycles. The van der Waals surface area contributed by atoms with Crippen LogP contribution in [0.3, 0.4) is 0 Å². The van der Waals surface area contributed by atoms with Crippen LogP contribution in [0.25, 0.3) is 0 Å². The molecule has 31 heavy (non-hydrogen) atoms. The van der Waals surface area contributed by atoms with E-state index in [-0.39, 0.29) is 17.5 Å². The Balaban J connectivity index is 2.01. The van der Waals surface area contributed by atoms with Crippen molar-refractivity contribution in [3.8, 4) is 5.75 Å². The average Bonchev–Trinajstić information content (AvgIpc) is 2.68. The fourth-order valence-electron chi connectivity index (χ4n) is 5.21. The molecule has 2 unspecified atom stereocenters. The van der Waals surface area contributed by atoms with Crippen molar-refractivity contribution in [3.05, 3.63) is 52.0 Å². The number of primary amides is 1. The Morgan fingerprint density at radius 3 is 2.42 bits per heavy atom. The number of aromatic hydroxyl groups is 1. The highest BCUT2D eigenvalue weighted by molar-refractivity contribution is 6.24. The molecule has 1 aromatic rings. The summed E-state index contributed by atoms with van der Waals surface area (Å²) in [7, 11) is 3.06. The number of nitrogens with two attached hydrogens (primary N) is 1. The van der Waals surface area contributed by atoms with Gasteiger partial charge in [0.15, 0.2) is 11.4 Å². The van der Waals surface area contributed by atoms with Crippen molar-refractivity contribution in [2.45, 2.75) is 24.2 Å². The maximum absolute atomic E-state index is 13.2. The molecular formula is C21H22N2O8. The first-order chi connectivity index (χ1) is 14.4. The van der Waals surface area contributed by atoms with Gasteiger partial charge in [0.1, 0.15) is 22.8 Å². The zero-order valence-corrected chi connectivity index (χ0v) is 16.7. The van der Waals surface area contributed by atoms with Gasteiger partial charge in [0.05, 0.1) is 17.7 Å². The van der Waals surface area contributed by atoms with Crippen LogP contribution in [0.15, 0.2) is 40.9 Å². The highest BCUT2D eigenvalue weighted by Gasteiger charge is 2.64. The van der Waals surface area contributed by atoms with E-state index < -0.39 is 75.5 Å². The summed E-state index contributed by atoms with van der Waals surface area (Å²) < 4.78 is 0. The van der Waals surface area contributed by atoms with Gasteiger partial charge in [0.2, 0.25) is 5.78 Å². The third-order valence-corrected chi connectivity index (χ3v) is 6.57. The van der Waals surface area contributed by atoms with Crippen LogP contribution in [0, 0.1) is 11.8 Å². The van der Waals surface area contributed by atoms with Crippen molar-refractivity contribution in [2.24, 2.45) is 17.6 Å². The van der Waals surface area contributed by atoms with E-state index in [1.54, 1.807) is 0 Å². The van der Waals surface area contributed by atoms with Crippen molar-refractivity contribution in [1.29, 1.82) is 0 Å². The molecule has 4 rings (SSSR count). The summed E-state index contributed by atoms with van der Waals surface area (Å²) in [5, 5.41) is 54.2. The smallest absolute Gasteiger partial charge is 0.255 e. The van der Waals surface area contributed by atoms with Gasteiger partial charge in [-0.1, -0.05) is 12.1 Å². The third-order valence-electron chi connectivity index (χ3n) is 6.57. The summed E-state index contributed by atoms with van der Waals surface area (Å²) in [5.41, 5.74) is 1.15. The second-order valence-electron chi connectivity index (χ2n) is 8.35. The topological polar surface area (TPSA) is 182 Å². The normalized spacial score (nSPS) is 32.7. The molecule has 10 heteroatoms. The average molecular weight is 430 g/mol. The highest BCUT2D eigenvalue weighted by atomic mass is 16.3. The Kier molecular flexibility index (Phi) is 4.51. The van der Waals surface area contributed by atoms with E-state index in [1.165, 1.54) is 37.2 Å². The number of benzene rings is 1. The predicted octanol–water partition coefficient (Wildman–Crippen LogP) is -0.388. The van der Waals surface area contributed by atoms with Crippen LogP contribution in [0.4, 0.5) is 0 Å². The number of nitrogens with zero attached hydrogens (tertiary/aromatic N) is 1. The van der Waals surface area contributed by atoms with Gasteiger partial charge < -0.3 is 31.3 Å². The SMILES string of the molecule is CN(C)C1C(O)=C(C(N)=O)C(=O)[C@]2(O)C(O)=C3C(=O)c4c(O)cccc4[C@@H](O)C3C[C@H]12. The molecule has 3 aliphatic rings. The van der Waals surface area contributed by atoms with Crippen LogP contribution in [-0.4, -0.2) is 73.6 Å². The van der Waals surface area contributed by atoms with Crippen LogP contribution in [-0.2, 0) is 9.59 Å². The summed E-state index contributed by atoms with van der Waals surface area (Å²) in [6.45, 7) is 0. The highest BCUT2D eigenvalue weighted by Crippen LogP contribution is 2.54. The number of phenolic OH excluding ortho intramolecular Hbond substituents is 1. The number of fused-ring (bicyclic) bond motifs is 3. The fourth-order valence-corrected chi connectivity index (χ4v) is 5.21. The van der Waals surface area contributed by atoms with Crippen LogP contribution < -0.4 is 5.73 Å². The number of hydrogen-bond donors (Lipinski definition) is 6. The zero-order valence-electron chi connectivity index (χ0n) is 16.7. The standard InChI is InChI=1S/C21H22N2O8/c1-23(2)14-9-6-8-12(16(26)11-7(15(8)25)4-3-5-10(11)24)18(28)21(9,31)19(29)13(17(14)27)20(22)30/h3-5,8-9,14-15,24-25,27-28,31H,6H2,1-2H3,(H2,22,30)/t8?,9-,14?,15-,21-/m1/s1. The fraction of sp³-hybridized carbons (Fsp3) is 0.381. The van der Waals surface area contributed by atoms with Gasteiger partial charge >= 0.3 is 0 Å². The molecule has 1 aromatic carbocycles. The second kappa shape index (κ2) is 6.64. The molecule has 3 aliphatic carbocycles. The molecular weight excluding hydrogens is 408 g/mol. The van der Waals surface area contributed by atoms with Gasteiger partial charge in [-0.3, -0.25) is 19.3 Å². The lowest BCUT2D eigenvalue weighted by atomic mass is 9.58. The first kappa shape index (κ1) is 21.0. The number of phenols is 1. The lowest BCUT2D eigenvalue weighted by Crippen LogP contribution is -2.64.